The van der Waals surface area contributed by atoms with Gasteiger partial charge in [0, 0.05) is 18.4 Å². The van der Waals surface area contributed by atoms with E-state index in [2.05, 4.69) is 0 Å². The van der Waals surface area contributed by atoms with Crippen LogP contribution in [0.1, 0.15) is 36.8 Å². The molecule has 28 heavy (non-hydrogen) atoms. The van der Waals surface area contributed by atoms with Crippen molar-refractivity contribution in [3.63, 3.8) is 0 Å². The molecule has 2 aromatic rings. The fourth-order valence-electron chi connectivity index (χ4n) is 3.39. The third-order valence-corrected chi connectivity index (χ3v) is 4.91. The molecule has 5 nitrogen and oxygen atoms in total. The predicted octanol–water partition coefficient (Wildman–Crippen LogP) is 4.16. The summed E-state index contributed by atoms with van der Waals surface area (Å²) in [5.74, 6) is -2.16. The van der Waals surface area contributed by atoms with Crippen LogP contribution in [0.4, 0.5) is 4.39 Å². The third kappa shape index (κ3) is 3.76. The van der Waals surface area contributed by atoms with Gasteiger partial charge in [0.15, 0.2) is 0 Å². The Morgan fingerprint density at radius 2 is 1.61 bits per heavy atom. The maximum atomic E-state index is 13.6. The zero-order chi connectivity index (χ0) is 19.6. The first kappa shape index (κ1) is 18.2. The van der Waals surface area contributed by atoms with Gasteiger partial charge in [0.1, 0.15) is 23.7 Å². The average molecular weight is 382 g/mol. The minimum atomic E-state index is -1.07. The van der Waals surface area contributed by atoms with Gasteiger partial charge in [-0.05, 0) is 42.7 Å². The quantitative estimate of drug-likeness (QED) is 0.451. The molecule has 6 heteroatoms. The van der Waals surface area contributed by atoms with Gasteiger partial charge in [-0.25, -0.2) is 14.0 Å². The lowest BCUT2D eigenvalue weighted by atomic mass is 10.1. The van der Waals surface area contributed by atoms with Crippen LogP contribution in [0.2, 0.25) is 0 Å². The lowest BCUT2D eigenvalue weighted by Crippen LogP contribution is -2.44. The normalized spacial score (nSPS) is 18.0. The lowest BCUT2D eigenvalue weighted by molar-refractivity contribution is -0.232. The van der Waals surface area contributed by atoms with E-state index >= 15 is 0 Å². The average Bonchev–Trinajstić information content (AvgIpc) is 3.12. The van der Waals surface area contributed by atoms with Crippen LogP contribution in [0.5, 0.6) is 5.75 Å². The number of hydrogen-bond donors (Lipinski definition) is 0. The molecule has 0 atom stereocenters. The van der Waals surface area contributed by atoms with Crippen molar-refractivity contribution in [3.8, 4) is 5.75 Å². The van der Waals surface area contributed by atoms with Crippen molar-refractivity contribution in [2.24, 2.45) is 0 Å². The van der Waals surface area contributed by atoms with Crippen molar-refractivity contribution < 1.29 is 28.2 Å². The molecule has 1 saturated carbocycles. The second kappa shape index (κ2) is 7.46. The minimum Gasteiger partial charge on any atom is -0.489 e. The van der Waals surface area contributed by atoms with Crippen LogP contribution in [-0.4, -0.2) is 17.7 Å². The van der Waals surface area contributed by atoms with Crippen molar-refractivity contribution in [1.29, 1.82) is 0 Å². The van der Waals surface area contributed by atoms with Crippen molar-refractivity contribution in [2.45, 2.75) is 38.1 Å². The molecule has 0 N–H and O–H groups in total. The van der Waals surface area contributed by atoms with E-state index in [1.807, 2.05) is 0 Å². The highest BCUT2D eigenvalue weighted by Crippen LogP contribution is 2.38. The van der Waals surface area contributed by atoms with Gasteiger partial charge in [-0.1, -0.05) is 30.3 Å². The summed E-state index contributed by atoms with van der Waals surface area (Å²) in [5, 5.41) is 0. The fraction of sp³-hybridized carbons (Fsp3) is 0.273. The highest BCUT2D eigenvalue weighted by atomic mass is 19.1. The largest absolute Gasteiger partial charge is 0.489 e. The van der Waals surface area contributed by atoms with Gasteiger partial charge >= 0.3 is 11.9 Å². The van der Waals surface area contributed by atoms with Gasteiger partial charge in [0.25, 0.3) is 5.79 Å². The summed E-state index contributed by atoms with van der Waals surface area (Å²) in [6.45, 7) is 0.105. The second-order valence-electron chi connectivity index (χ2n) is 6.90. The van der Waals surface area contributed by atoms with E-state index in [1.54, 1.807) is 42.5 Å². The Hall–Kier alpha value is -3.15. The summed E-state index contributed by atoms with van der Waals surface area (Å²) in [6, 6.07) is 13.2. The first-order chi connectivity index (χ1) is 13.5. The maximum Gasteiger partial charge on any atom is 0.348 e. The Morgan fingerprint density at radius 3 is 2.25 bits per heavy atom. The van der Waals surface area contributed by atoms with Gasteiger partial charge < -0.3 is 14.2 Å². The molecule has 0 aromatic heterocycles. The molecule has 2 aromatic carbocycles. The molecule has 2 fully saturated rings. The van der Waals surface area contributed by atoms with E-state index in [0.717, 1.165) is 12.8 Å². The zero-order valence-electron chi connectivity index (χ0n) is 15.2. The van der Waals surface area contributed by atoms with E-state index in [1.165, 1.54) is 12.1 Å². The number of hydrogen-bond acceptors (Lipinski definition) is 5. The molecule has 4 rings (SSSR count). The summed E-state index contributed by atoms with van der Waals surface area (Å²) in [4.78, 5) is 24.6. The van der Waals surface area contributed by atoms with E-state index < -0.39 is 17.7 Å². The van der Waals surface area contributed by atoms with Gasteiger partial charge in [-0.2, -0.15) is 0 Å². The summed E-state index contributed by atoms with van der Waals surface area (Å²) in [7, 11) is 0. The van der Waals surface area contributed by atoms with E-state index in [0.29, 0.717) is 29.7 Å². The minimum absolute atomic E-state index is 0.105. The number of benzene rings is 2. The first-order valence-corrected chi connectivity index (χ1v) is 9.19. The van der Waals surface area contributed by atoms with Crippen LogP contribution in [0.15, 0.2) is 54.1 Å². The molecule has 1 saturated heterocycles. The molecule has 2 aliphatic rings. The van der Waals surface area contributed by atoms with Gasteiger partial charge in [-0.3, -0.25) is 0 Å². The van der Waals surface area contributed by atoms with Crippen LogP contribution in [0, 0.1) is 5.82 Å². The van der Waals surface area contributed by atoms with Crippen LogP contribution in [-0.2, 0) is 25.7 Å². The van der Waals surface area contributed by atoms with Crippen LogP contribution < -0.4 is 4.74 Å². The predicted molar refractivity (Wildman–Crippen MR) is 98.5 cm³/mol. The van der Waals surface area contributed by atoms with Crippen LogP contribution in [0.3, 0.4) is 0 Å². The molecule has 0 radical (unpaired) electrons. The Kier molecular flexibility index (Phi) is 4.86. The molecule has 144 valence electrons. The molecule has 0 bridgehead atoms. The smallest absolute Gasteiger partial charge is 0.348 e. The number of halogens is 1. The fourth-order valence-corrected chi connectivity index (χ4v) is 3.39. The van der Waals surface area contributed by atoms with Crippen LogP contribution >= 0.6 is 0 Å². The van der Waals surface area contributed by atoms with Gasteiger partial charge in [0.05, 0.1) is 0 Å². The number of carbonyl (C=O) groups is 2. The first-order valence-electron chi connectivity index (χ1n) is 9.19. The summed E-state index contributed by atoms with van der Waals surface area (Å²) >= 11 is 0. The standard InChI is InChI=1S/C22H19FO5/c23-19-6-2-1-5-16(19)14-26-17-9-7-15(8-10-17)13-18-20(24)27-22(28-21(18)25)11-3-4-12-22/h1-2,5-10,13H,3-4,11-12,14H2. The van der Waals surface area contributed by atoms with Crippen LogP contribution in [0.25, 0.3) is 6.08 Å². The second-order valence-corrected chi connectivity index (χ2v) is 6.90. The number of esters is 2. The summed E-state index contributed by atoms with van der Waals surface area (Å²) in [6.07, 6.45) is 4.27. The number of rotatable bonds is 4. The number of carbonyl (C=O) groups excluding carboxylic acids is 2. The van der Waals surface area contributed by atoms with Crippen molar-refractivity contribution in [3.05, 3.63) is 71.0 Å². The van der Waals surface area contributed by atoms with E-state index in [9.17, 15) is 14.0 Å². The van der Waals surface area contributed by atoms with E-state index in [-0.39, 0.29) is 18.0 Å². The SMILES string of the molecule is O=C1OC2(CCCC2)OC(=O)C1=Cc1ccc(OCc2ccccc2F)cc1. The van der Waals surface area contributed by atoms with Crippen molar-refractivity contribution >= 4 is 18.0 Å². The topological polar surface area (TPSA) is 61.8 Å². The lowest BCUT2D eigenvalue weighted by Gasteiger charge is -2.32. The third-order valence-electron chi connectivity index (χ3n) is 4.91. The summed E-state index contributed by atoms with van der Waals surface area (Å²) in [5.41, 5.74) is 0.962. The monoisotopic (exact) mass is 382 g/mol. The Labute approximate surface area is 161 Å². The molecule has 1 heterocycles. The molecule has 1 aliphatic carbocycles. The van der Waals surface area contributed by atoms with Crippen molar-refractivity contribution in [2.75, 3.05) is 0 Å². The number of ether oxygens (including phenoxy) is 3. The van der Waals surface area contributed by atoms with Gasteiger partial charge in [-0.15, -0.1) is 0 Å². The Morgan fingerprint density at radius 1 is 0.964 bits per heavy atom. The van der Waals surface area contributed by atoms with E-state index in [4.69, 9.17) is 14.2 Å². The summed E-state index contributed by atoms with van der Waals surface area (Å²) < 4.78 is 30.0. The van der Waals surface area contributed by atoms with Crippen molar-refractivity contribution in [1.82, 2.24) is 0 Å². The molecular weight excluding hydrogens is 363 g/mol. The molecule has 1 spiro atoms. The van der Waals surface area contributed by atoms with Gasteiger partial charge in [0.2, 0.25) is 0 Å². The Bertz CT molecular complexity index is 904. The molecular formula is C22H19FO5. The molecule has 0 amide bonds. The Balaban J connectivity index is 1.43. The zero-order valence-corrected chi connectivity index (χ0v) is 15.2. The molecule has 1 aliphatic heterocycles. The highest BCUT2D eigenvalue weighted by molar-refractivity contribution is 6.18. The highest BCUT2D eigenvalue weighted by Gasteiger charge is 2.47. The maximum absolute atomic E-state index is 13.6. The molecule has 0 unspecified atom stereocenters.